The van der Waals surface area contributed by atoms with Crippen LogP contribution < -0.4 is 15.5 Å². The number of anilines is 1. The summed E-state index contributed by atoms with van der Waals surface area (Å²) < 4.78 is 0. The number of hydrogen-bond donors (Lipinski definition) is 2. The van der Waals surface area contributed by atoms with E-state index in [2.05, 4.69) is 20.5 Å². The van der Waals surface area contributed by atoms with Crippen molar-refractivity contribution in [1.82, 2.24) is 15.6 Å². The standard InChI is InChI=1S/C20H24N4O2/c1-15-4-6-17(7-5-15)20(26)23-14-19(25)22-13-16-8-9-21-18(12-16)24-10-2-3-11-24/h4-9,12H,2-3,10-11,13-14H2,1H3,(H,22,25)(H,23,26). The summed E-state index contributed by atoms with van der Waals surface area (Å²) in [6.45, 7) is 4.41. The van der Waals surface area contributed by atoms with Crippen molar-refractivity contribution in [2.24, 2.45) is 0 Å². The van der Waals surface area contributed by atoms with E-state index in [0.29, 0.717) is 12.1 Å². The summed E-state index contributed by atoms with van der Waals surface area (Å²) >= 11 is 0. The largest absolute Gasteiger partial charge is 0.357 e. The molecule has 2 amide bonds. The predicted molar refractivity (Wildman–Crippen MR) is 101 cm³/mol. The van der Waals surface area contributed by atoms with Crippen LogP contribution in [0.25, 0.3) is 0 Å². The molecule has 1 aromatic carbocycles. The normalized spacial score (nSPS) is 13.5. The quantitative estimate of drug-likeness (QED) is 0.834. The molecule has 2 aromatic rings. The summed E-state index contributed by atoms with van der Waals surface area (Å²) in [5.41, 5.74) is 2.64. The first-order valence-corrected chi connectivity index (χ1v) is 8.93. The van der Waals surface area contributed by atoms with E-state index < -0.39 is 0 Å². The van der Waals surface area contributed by atoms with Gasteiger partial charge in [-0.2, -0.15) is 0 Å². The Bertz CT molecular complexity index is 768. The van der Waals surface area contributed by atoms with E-state index >= 15 is 0 Å². The van der Waals surface area contributed by atoms with Crippen LogP contribution in [0.4, 0.5) is 5.82 Å². The third kappa shape index (κ3) is 4.81. The second-order valence-corrected chi connectivity index (χ2v) is 6.54. The van der Waals surface area contributed by atoms with Crippen molar-refractivity contribution < 1.29 is 9.59 Å². The maximum absolute atomic E-state index is 12.0. The molecule has 2 N–H and O–H groups in total. The number of benzene rings is 1. The third-order valence-corrected chi connectivity index (χ3v) is 4.45. The summed E-state index contributed by atoms with van der Waals surface area (Å²) in [5.74, 6) is 0.493. The number of pyridine rings is 1. The summed E-state index contributed by atoms with van der Waals surface area (Å²) in [5, 5.41) is 5.47. The van der Waals surface area contributed by atoms with Crippen molar-refractivity contribution in [3.63, 3.8) is 0 Å². The van der Waals surface area contributed by atoms with Gasteiger partial charge in [0.05, 0.1) is 6.54 Å². The Morgan fingerprint density at radius 2 is 1.81 bits per heavy atom. The third-order valence-electron chi connectivity index (χ3n) is 4.45. The van der Waals surface area contributed by atoms with Gasteiger partial charge in [-0.15, -0.1) is 0 Å². The highest BCUT2D eigenvalue weighted by Crippen LogP contribution is 2.18. The average Bonchev–Trinajstić information content (AvgIpc) is 3.20. The van der Waals surface area contributed by atoms with Crippen LogP contribution in [0, 0.1) is 6.92 Å². The first-order valence-electron chi connectivity index (χ1n) is 8.93. The van der Waals surface area contributed by atoms with Gasteiger partial charge in [0.1, 0.15) is 5.82 Å². The molecular weight excluding hydrogens is 328 g/mol. The Morgan fingerprint density at radius 3 is 2.54 bits per heavy atom. The number of rotatable bonds is 6. The topological polar surface area (TPSA) is 74.3 Å². The lowest BCUT2D eigenvalue weighted by atomic mass is 10.1. The fourth-order valence-electron chi connectivity index (χ4n) is 2.92. The van der Waals surface area contributed by atoms with Crippen LogP contribution in [-0.2, 0) is 11.3 Å². The maximum atomic E-state index is 12.0. The molecule has 136 valence electrons. The highest BCUT2D eigenvalue weighted by molar-refractivity contribution is 5.96. The number of hydrogen-bond acceptors (Lipinski definition) is 4. The van der Waals surface area contributed by atoms with Gasteiger partial charge in [0.25, 0.3) is 5.91 Å². The van der Waals surface area contributed by atoms with Crippen LogP contribution in [0.1, 0.15) is 34.3 Å². The molecule has 1 fully saturated rings. The van der Waals surface area contributed by atoms with Gasteiger partial charge in [0, 0.05) is 31.4 Å². The van der Waals surface area contributed by atoms with E-state index in [-0.39, 0.29) is 18.4 Å². The van der Waals surface area contributed by atoms with E-state index in [1.807, 2.05) is 31.2 Å². The van der Waals surface area contributed by atoms with Crippen molar-refractivity contribution in [2.75, 3.05) is 24.5 Å². The second-order valence-electron chi connectivity index (χ2n) is 6.54. The van der Waals surface area contributed by atoms with Gasteiger partial charge in [0.2, 0.25) is 5.91 Å². The maximum Gasteiger partial charge on any atom is 0.251 e. The zero-order valence-corrected chi connectivity index (χ0v) is 15.0. The van der Waals surface area contributed by atoms with E-state index in [4.69, 9.17) is 0 Å². The van der Waals surface area contributed by atoms with E-state index in [0.717, 1.165) is 30.0 Å². The molecule has 1 aliphatic heterocycles. The Kier molecular flexibility index (Phi) is 5.84. The van der Waals surface area contributed by atoms with E-state index in [1.165, 1.54) is 12.8 Å². The van der Waals surface area contributed by atoms with Gasteiger partial charge in [0.15, 0.2) is 0 Å². The number of carbonyl (C=O) groups is 2. The van der Waals surface area contributed by atoms with Gasteiger partial charge in [-0.05, 0) is 49.6 Å². The Labute approximate surface area is 153 Å². The monoisotopic (exact) mass is 352 g/mol. The number of amides is 2. The lowest BCUT2D eigenvalue weighted by molar-refractivity contribution is -0.120. The van der Waals surface area contributed by atoms with Gasteiger partial charge in [-0.25, -0.2) is 4.98 Å². The smallest absolute Gasteiger partial charge is 0.251 e. The molecule has 0 atom stereocenters. The SMILES string of the molecule is Cc1ccc(C(=O)NCC(=O)NCc2ccnc(N3CCCC3)c2)cc1. The summed E-state index contributed by atoms with van der Waals surface area (Å²) in [6, 6.07) is 11.1. The Hall–Kier alpha value is -2.89. The summed E-state index contributed by atoms with van der Waals surface area (Å²) in [4.78, 5) is 30.7. The van der Waals surface area contributed by atoms with Crippen LogP contribution in [0.3, 0.4) is 0 Å². The van der Waals surface area contributed by atoms with Crippen LogP contribution in [0.15, 0.2) is 42.6 Å². The molecule has 6 heteroatoms. The molecule has 1 aromatic heterocycles. The molecule has 0 spiro atoms. The van der Waals surface area contributed by atoms with Crippen LogP contribution >= 0.6 is 0 Å². The van der Waals surface area contributed by atoms with Crippen molar-refractivity contribution >= 4 is 17.6 Å². The first kappa shape index (κ1) is 17.9. The molecule has 0 bridgehead atoms. The summed E-state index contributed by atoms with van der Waals surface area (Å²) in [6.07, 6.45) is 4.17. The van der Waals surface area contributed by atoms with Gasteiger partial charge in [-0.3, -0.25) is 9.59 Å². The fraction of sp³-hybridized carbons (Fsp3) is 0.350. The molecule has 0 radical (unpaired) electrons. The summed E-state index contributed by atoms with van der Waals surface area (Å²) in [7, 11) is 0. The van der Waals surface area contributed by atoms with Crippen molar-refractivity contribution in [1.29, 1.82) is 0 Å². The molecule has 1 aliphatic rings. The zero-order chi connectivity index (χ0) is 18.4. The molecule has 3 rings (SSSR count). The van der Waals surface area contributed by atoms with Gasteiger partial charge < -0.3 is 15.5 Å². The zero-order valence-electron chi connectivity index (χ0n) is 15.0. The second kappa shape index (κ2) is 8.47. The average molecular weight is 352 g/mol. The number of nitrogens with one attached hydrogen (secondary N) is 2. The molecule has 6 nitrogen and oxygen atoms in total. The molecule has 26 heavy (non-hydrogen) atoms. The minimum atomic E-state index is -0.250. The Morgan fingerprint density at radius 1 is 1.08 bits per heavy atom. The van der Waals surface area contributed by atoms with Crippen molar-refractivity contribution in [3.05, 3.63) is 59.3 Å². The highest BCUT2D eigenvalue weighted by Gasteiger charge is 2.14. The van der Waals surface area contributed by atoms with Gasteiger partial charge in [-0.1, -0.05) is 17.7 Å². The predicted octanol–water partition coefficient (Wildman–Crippen LogP) is 2.04. The number of nitrogens with zero attached hydrogens (tertiary/aromatic N) is 2. The number of aromatic nitrogens is 1. The molecule has 1 saturated heterocycles. The van der Waals surface area contributed by atoms with E-state index in [1.54, 1.807) is 18.3 Å². The number of carbonyl (C=O) groups excluding carboxylic acids is 2. The molecular formula is C20H24N4O2. The van der Waals surface area contributed by atoms with E-state index in [9.17, 15) is 9.59 Å². The fourth-order valence-corrected chi connectivity index (χ4v) is 2.92. The molecule has 0 unspecified atom stereocenters. The lowest BCUT2D eigenvalue weighted by Crippen LogP contribution is -2.36. The minimum absolute atomic E-state index is 0.0449. The van der Waals surface area contributed by atoms with Crippen LogP contribution in [0.2, 0.25) is 0 Å². The van der Waals surface area contributed by atoms with Crippen LogP contribution in [0.5, 0.6) is 0 Å². The Balaban J connectivity index is 1.46. The molecule has 0 aliphatic carbocycles. The molecule has 0 saturated carbocycles. The van der Waals surface area contributed by atoms with Crippen LogP contribution in [-0.4, -0.2) is 36.4 Å². The highest BCUT2D eigenvalue weighted by atomic mass is 16.2. The minimum Gasteiger partial charge on any atom is -0.357 e. The lowest BCUT2D eigenvalue weighted by Gasteiger charge is -2.17. The first-order chi connectivity index (χ1) is 12.6. The van der Waals surface area contributed by atoms with Crippen molar-refractivity contribution in [3.8, 4) is 0 Å². The van der Waals surface area contributed by atoms with Crippen molar-refractivity contribution in [2.45, 2.75) is 26.3 Å². The number of aryl methyl sites for hydroxylation is 1. The molecule has 2 heterocycles. The van der Waals surface area contributed by atoms with Gasteiger partial charge >= 0.3 is 0 Å².